The van der Waals surface area contributed by atoms with Crippen molar-refractivity contribution in [1.82, 2.24) is 20.1 Å². The first-order valence-corrected chi connectivity index (χ1v) is 8.76. The molecule has 0 aromatic carbocycles. The van der Waals surface area contributed by atoms with E-state index in [1.807, 2.05) is 11.9 Å². The minimum absolute atomic E-state index is 0.222. The molecule has 22 heavy (non-hydrogen) atoms. The number of carbonyl (C=O) groups excluding carboxylic acids is 1. The van der Waals surface area contributed by atoms with Gasteiger partial charge in [0.05, 0.1) is 0 Å². The topological polar surface area (TPSA) is 61.9 Å². The minimum atomic E-state index is 0.222. The maximum atomic E-state index is 12.3. The average molecular weight is 306 g/mol. The smallest absolute Gasteiger partial charge is 0.223 e. The molecule has 0 aliphatic heterocycles. The van der Waals surface area contributed by atoms with Gasteiger partial charge in [-0.15, -0.1) is 0 Å². The zero-order valence-corrected chi connectivity index (χ0v) is 14.3. The van der Waals surface area contributed by atoms with Crippen molar-refractivity contribution in [3.8, 4) is 0 Å². The number of aryl methyl sites for hydroxylation is 1. The van der Waals surface area contributed by atoms with Gasteiger partial charge in [0, 0.05) is 32.4 Å². The van der Waals surface area contributed by atoms with E-state index in [1.165, 1.54) is 19.3 Å². The van der Waals surface area contributed by atoms with Crippen molar-refractivity contribution in [3.63, 3.8) is 0 Å². The molecule has 0 spiro atoms. The van der Waals surface area contributed by atoms with Crippen LogP contribution < -0.4 is 0 Å². The molecule has 5 heteroatoms. The zero-order chi connectivity index (χ0) is 15.9. The molecule has 1 N–H and O–H groups in total. The third-order valence-corrected chi connectivity index (χ3v) is 4.90. The number of nitrogens with one attached hydrogen (secondary N) is 1. The molecule has 2 rings (SSSR count). The predicted octanol–water partition coefficient (Wildman–Crippen LogP) is 3.12. The molecule has 1 heterocycles. The first-order chi connectivity index (χ1) is 10.6. The highest BCUT2D eigenvalue weighted by atomic mass is 16.2. The first kappa shape index (κ1) is 17.0. The van der Waals surface area contributed by atoms with E-state index in [0.29, 0.717) is 24.8 Å². The number of nitrogens with zero attached hydrogens (tertiary/aromatic N) is 3. The van der Waals surface area contributed by atoms with Gasteiger partial charge in [0.2, 0.25) is 5.91 Å². The van der Waals surface area contributed by atoms with E-state index in [0.717, 1.165) is 37.3 Å². The van der Waals surface area contributed by atoms with Crippen molar-refractivity contribution < 1.29 is 4.79 Å². The fourth-order valence-electron chi connectivity index (χ4n) is 3.08. The van der Waals surface area contributed by atoms with E-state index in [-0.39, 0.29) is 5.91 Å². The number of rotatable bonds is 7. The Morgan fingerprint density at radius 2 is 2.09 bits per heavy atom. The molecule has 5 nitrogen and oxygen atoms in total. The molecule has 1 amide bonds. The third-order valence-electron chi connectivity index (χ3n) is 4.90. The summed E-state index contributed by atoms with van der Waals surface area (Å²) in [5.41, 5.74) is 0. The molecule has 1 unspecified atom stereocenters. The van der Waals surface area contributed by atoms with E-state index >= 15 is 0 Å². The number of carbonyl (C=O) groups is 1. The maximum absolute atomic E-state index is 12.3. The average Bonchev–Trinajstić information content (AvgIpc) is 3.00. The van der Waals surface area contributed by atoms with Gasteiger partial charge >= 0.3 is 0 Å². The Kier molecular flexibility index (Phi) is 6.40. The Labute approximate surface area is 133 Å². The van der Waals surface area contributed by atoms with E-state index in [1.54, 1.807) is 0 Å². The van der Waals surface area contributed by atoms with E-state index < -0.39 is 0 Å². The molecule has 1 atom stereocenters. The van der Waals surface area contributed by atoms with Gasteiger partial charge < -0.3 is 4.90 Å². The quantitative estimate of drug-likeness (QED) is 0.842. The molecular formula is C17H30N4O. The van der Waals surface area contributed by atoms with Crippen LogP contribution in [0, 0.1) is 5.92 Å². The molecule has 1 aliphatic rings. The normalized spacial score (nSPS) is 17.4. The number of hydrogen-bond donors (Lipinski definition) is 1. The number of hydrogen-bond acceptors (Lipinski definition) is 3. The lowest BCUT2D eigenvalue weighted by molar-refractivity contribution is -0.132. The first-order valence-electron chi connectivity index (χ1n) is 8.76. The second kappa shape index (κ2) is 8.30. The summed E-state index contributed by atoms with van der Waals surface area (Å²) in [6.07, 6.45) is 9.34. The molecule has 124 valence electrons. The van der Waals surface area contributed by atoms with Gasteiger partial charge in [-0.25, -0.2) is 4.98 Å². The van der Waals surface area contributed by atoms with Crippen LogP contribution in [0.1, 0.15) is 70.4 Å². The fraction of sp³-hybridized carbons (Fsp3) is 0.824. The molecule has 1 aliphatic carbocycles. The van der Waals surface area contributed by atoms with Crippen molar-refractivity contribution in [2.75, 3.05) is 7.05 Å². The summed E-state index contributed by atoms with van der Waals surface area (Å²) in [7, 11) is 1.95. The summed E-state index contributed by atoms with van der Waals surface area (Å²) in [5.74, 6) is 2.54. The lowest BCUT2D eigenvalue weighted by Crippen LogP contribution is -2.38. The third kappa shape index (κ3) is 4.82. The van der Waals surface area contributed by atoms with E-state index in [4.69, 9.17) is 0 Å². The highest BCUT2D eigenvalue weighted by Crippen LogP contribution is 2.22. The van der Waals surface area contributed by atoms with Crippen molar-refractivity contribution in [3.05, 3.63) is 11.6 Å². The minimum Gasteiger partial charge on any atom is -0.343 e. The molecular weight excluding hydrogens is 276 g/mol. The molecule has 1 saturated carbocycles. The van der Waals surface area contributed by atoms with Crippen LogP contribution in [0.15, 0.2) is 0 Å². The lowest BCUT2D eigenvalue weighted by Gasteiger charge is -2.31. The Bertz CT molecular complexity index is 465. The standard InChI is InChI=1S/C17H30N4O/c1-4-13(2)12-16-18-15(19-20-16)10-11-17(22)21(3)14-8-6-5-7-9-14/h13-14H,4-12H2,1-3H3,(H,18,19,20). The number of aromatic nitrogens is 3. The van der Waals surface area contributed by atoms with Crippen molar-refractivity contribution in [2.45, 2.75) is 77.7 Å². The van der Waals surface area contributed by atoms with Crippen LogP contribution in [0.4, 0.5) is 0 Å². The van der Waals surface area contributed by atoms with E-state index in [2.05, 4.69) is 29.0 Å². The molecule has 0 radical (unpaired) electrons. The predicted molar refractivity (Wildman–Crippen MR) is 87.5 cm³/mol. The SMILES string of the molecule is CCC(C)Cc1nc(CCC(=O)N(C)C2CCCCC2)n[nH]1. The van der Waals surface area contributed by atoms with Gasteiger partial charge in [-0.1, -0.05) is 39.5 Å². The van der Waals surface area contributed by atoms with Crippen LogP contribution in [0.3, 0.4) is 0 Å². The number of aromatic amines is 1. The molecule has 0 saturated heterocycles. The fourth-order valence-corrected chi connectivity index (χ4v) is 3.08. The van der Waals surface area contributed by atoms with Crippen LogP contribution in [0.5, 0.6) is 0 Å². The molecule has 1 fully saturated rings. The van der Waals surface area contributed by atoms with Crippen LogP contribution in [0.25, 0.3) is 0 Å². The van der Waals surface area contributed by atoms with Crippen molar-refractivity contribution >= 4 is 5.91 Å². The maximum Gasteiger partial charge on any atom is 0.223 e. The van der Waals surface area contributed by atoms with Gasteiger partial charge in [0.25, 0.3) is 0 Å². The van der Waals surface area contributed by atoms with Crippen LogP contribution >= 0.6 is 0 Å². The van der Waals surface area contributed by atoms with E-state index in [9.17, 15) is 4.79 Å². The summed E-state index contributed by atoms with van der Waals surface area (Å²) in [6, 6.07) is 0.439. The highest BCUT2D eigenvalue weighted by Gasteiger charge is 2.22. The number of amides is 1. The van der Waals surface area contributed by atoms with Gasteiger partial charge in [-0.2, -0.15) is 5.10 Å². The largest absolute Gasteiger partial charge is 0.343 e. The zero-order valence-electron chi connectivity index (χ0n) is 14.3. The van der Waals surface area contributed by atoms with Crippen LogP contribution in [0.2, 0.25) is 0 Å². The van der Waals surface area contributed by atoms with Gasteiger partial charge in [0.15, 0.2) is 5.82 Å². The van der Waals surface area contributed by atoms with Gasteiger partial charge in [0.1, 0.15) is 5.82 Å². The monoisotopic (exact) mass is 306 g/mol. The molecule has 1 aromatic rings. The number of H-pyrrole nitrogens is 1. The van der Waals surface area contributed by atoms with Gasteiger partial charge in [-0.05, 0) is 18.8 Å². The summed E-state index contributed by atoms with van der Waals surface area (Å²) < 4.78 is 0. The second-order valence-corrected chi connectivity index (χ2v) is 6.71. The Balaban J connectivity index is 1.78. The summed E-state index contributed by atoms with van der Waals surface area (Å²) in [4.78, 5) is 18.8. The van der Waals surface area contributed by atoms with Crippen LogP contribution in [-0.2, 0) is 17.6 Å². The summed E-state index contributed by atoms with van der Waals surface area (Å²) in [5, 5.41) is 7.24. The van der Waals surface area contributed by atoms with Crippen molar-refractivity contribution in [1.29, 1.82) is 0 Å². The van der Waals surface area contributed by atoms with Crippen LogP contribution in [-0.4, -0.2) is 39.1 Å². The van der Waals surface area contributed by atoms with Crippen molar-refractivity contribution in [2.24, 2.45) is 5.92 Å². The molecule has 0 bridgehead atoms. The second-order valence-electron chi connectivity index (χ2n) is 6.71. The summed E-state index contributed by atoms with van der Waals surface area (Å²) in [6.45, 7) is 4.40. The summed E-state index contributed by atoms with van der Waals surface area (Å²) >= 11 is 0. The highest BCUT2D eigenvalue weighted by molar-refractivity contribution is 5.76. The molecule has 1 aromatic heterocycles. The van der Waals surface area contributed by atoms with Gasteiger partial charge in [-0.3, -0.25) is 9.89 Å². The lowest BCUT2D eigenvalue weighted by atomic mass is 9.94. The Hall–Kier alpha value is -1.39. The Morgan fingerprint density at radius 3 is 2.77 bits per heavy atom. The Morgan fingerprint density at radius 1 is 1.36 bits per heavy atom.